The third-order valence-corrected chi connectivity index (χ3v) is 3.44. The van der Waals surface area contributed by atoms with Crippen molar-refractivity contribution in [2.24, 2.45) is 0 Å². The summed E-state index contributed by atoms with van der Waals surface area (Å²) in [6.07, 6.45) is 2.27. The lowest BCUT2D eigenvalue weighted by molar-refractivity contribution is -0.717. The van der Waals surface area contributed by atoms with Gasteiger partial charge >= 0.3 is 0 Å². The summed E-state index contributed by atoms with van der Waals surface area (Å²) in [5, 5.41) is 2.36. The highest BCUT2D eigenvalue weighted by Gasteiger charge is 2.11. The fourth-order valence-electron chi connectivity index (χ4n) is 1.94. The topological polar surface area (TPSA) is 25.8 Å². The summed E-state index contributed by atoms with van der Waals surface area (Å²) in [4.78, 5) is 0. The van der Waals surface area contributed by atoms with Crippen molar-refractivity contribution in [1.82, 2.24) is 0 Å². The molecular weight excluding hydrogens is 234 g/mol. The molecule has 0 bridgehead atoms. The molecule has 0 radical (unpaired) electrons. The highest BCUT2D eigenvalue weighted by molar-refractivity contribution is 5.29. The van der Waals surface area contributed by atoms with Crippen LogP contribution in [-0.2, 0) is 0 Å². The molecule has 0 unspecified atom stereocenters. The van der Waals surface area contributed by atoms with Crippen LogP contribution in [-0.4, -0.2) is 18.7 Å². The molecule has 2 heteroatoms. The summed E-state index contributed by atoms with van der Waals surface area (Å²) in [6.45, 7) is 13.1. The van der Waals surface area contributed by atoms with Gasteiger partial charge in [0.1, 0.15) is 5.75 Å². The molecule has 0 amide bonds. The number of nitrogens with two attached hydrogens (primary N) is 1. The van der Waals surface area contributed by atoms with Crippen LogP contribution >= 0.6 is 0 Å². The van der Waals surface area contributed by atoms with E-state index in [-0.39, 0.29) is 0 Å². The highest BCUT2D eigenvalue weighted by atomic mass is 16.5. The minimum atomic E-state index is 0.317. The second-order valence-electron chi connectivity index (χ2n) is 6.44. The third-order valence-electron chi connectivity index (χ3n) is 3.44. The van der Waals surface area contributed by atoms with Gasteiger partial charge in [0.15, 0.2) is 0 Å². The summed E-state index contributed by atoms with van der Waals surface area (Å²) in [5.74, 6) is 1.62. The molecule has 0 spiro atoms. The van der Waals surface area contributed by atoms with Crippen LogP contribution < -0.4 is 10.1 Å². The second-order valence-corrected chi connectivity index (χ2v) is 6.44. The summed E-state index contributed by atoms with van der Waals surface area (Å²) in [7, 11) is 0. The first-order valence-corrected chi connectivity index (χ1v) is 7.49. The van der Waals surface area contributed by atoms with Crippen molar-refractivity contribution in [2.75, 3.05) is 13.2 Å². The van der Waals surface area contributed by atoms with Gasteiger partial charge in [-0.3, -0.25) is 0 Å². The molecule has 0 saturated carbocycles. The average Bonchev–Trinajstić information content (AvgIpc) is 2.37. The Labute approximate surface area is 118 Å². The van der Waals surface area contributed by atoms with E-state index in [0.717, 1.165) is 25.3 Å². The summed E-state index contributed by atoms with van der Waals surface area (Å²) >= 11 is 0. The predicted molar refractivity (Wildman–Crippen MR) is 81.8 cm³/mol. The molecule has 108 valence electrons. The van der Waals surface area contributed by atoms with Crippen molar-refractivity contribution in [3.63, 3.8) is 0 Å². The Hall–Kier alpha value is -1.02. The number of ether oxygens (including phenoxy) is 1. The van der Waals surface area contributed by atoms with Crippen molar-refractivity contribution in [1.29, 1.82) is 0 Å². The molecule has 2 nitrogen and oxygen atoms in total. The third kappa shape index (κ3) is 6.63. The quantitative estimate of drug-likeness (QED) is 0.751. The van der Waals surface area contributed by atoms with E-state index < -0.39 is 0 Å². The van der Waals surface area contributed by atoms with Crippen LogP contribution in [0.5, 0.6) is 5.75 Å². The SMILES string of the molecule is CC[C@@H](C)c1ccc(OCCC[NH2+]C(C)(C)C)cc1. The van der Waals surface area contributed by atoms with Gasteiger partial charge in [-0.25, -0.2) is 0 Å². The first-order chi connectivity index (χ1) is 8.92. The Balaban J connectivity index is 2.27. The van der Waals surface area contributed by atoms with Gasteiger partial charge in [0.25, 0.3) is 0 Å². The van der Waals surface area contributed by atoms with Crippen LogP contribution in [0.1, 0.15) is 58.9 Å². The number of rotatable bonds is 7. The van der Waals surface area contributed by atoms with Gasteiger partial charge in [-0.05, 0) is 50.8 Å². The first kappa shape index (κ1) is 16.0. The van der Waals surface area contributed by atoms with Gasteiger partial charge in [-0.2, -0.15) is 0 Å². The van der Waals surface area contributed by atoms with Gasteiger partial charge in [-0.1, -0.05) is 26.0 Å². The number of quaternary nitrogens is 1. The Morgan fingerprint density at radius 1 is 1.16 bits per heavy atom. The van der Waals surface area contributed by atoms with E-state index >= 15 is 0 Å². The number of benzene rings is 1. The number of hydrogen-bond acceptors (Lipinski definition) is 1. The van der Waals surface area contributed by atoms with Crippen LogP contribution in [0.3, 0.4) is 0 Å². The van der Waals surface area contributed by atoms with Crippen LogP contribution in [0.15, 0.2) is 24.3 Å². The summed E-state index contributed by atoms with van der Waals surface area (Å²) in [5.41, 5.74) is 1.72. The minimum Gasteiger partial charge on any atom is -0.493 e. The number of hydrogen-bond donors (Lipinski definition) is 1. The van der Waals surface area contributed by atoms with E-state index in [9.17, 15) is 0 Å². The molecular formula is C17H30NO+. The lowest BCUT2D eigenvalue weighted by Gasteiger charge is -2.16. The van der Waals surface area contributed by atoms with Crippen molar-refractivity contribution < 1.29 is 10.1 Å². The van der Waals surface area contributed by atoms with Crippen molar-refractivity contribution in [3.05, 3.63) is 29.8 Å². The summed E-state index contributed by atoms with van der Waals surface area (Å²) in [6, 6.07) is 8.56. The molecule has 0 saturated heterocycles. The molecule has 1 rings (SSSR count). The monoisotopic (exact) mass is 264 g/mol. The zero-order valence-corrected chi connectivity index (χ0v) is 13.2. The molecule has 19 heavy (non-hydrogen) atoms. The maximum absolute atomic E-state index is 5.77. The van der Waals surface area contributed by atoms with E-state index in [1.807, 2.05) is 0 Å². The van der Waals surface area contributed by atoms with Gasteiger partial charge < -0.3 is 10.1 Å². The molecule has 0 aromatic heterocycles. The molecule has 2 N–H and O–H groups in total. The molecule has 0 aliphatic heterocycles. The van der Waals surface area contributed by atoms with Crippen molar-refractivity contribution in [3.8, 4) is 5.75 Å². The normalized spacial score (nSPS) is 13.3. The lowest BCUT2D eigenvalue weighted by atomic mass is 9.99. The van der Waals surface area contributed by atoms with E-state index in [1.165, 1.54) is 12.0 Å². The van der Waals surface area contributed by atoms with Gasteiger partial charge in [0.05, 0.1) is 18.7 Å². The Bertz CT molecular complexity index is 351. The predicted octanol–water partition coefficient (Wildman–Crippen LogP) is 3.33. The van der Waals surface area contributed by atoms with Gasteiger partial charge in [-0.15, -0.1) is 0 Å². The van der Waals surface area contributed by atoms with Crippen molar-refractivity contribution in [2.45, 2.75) is 58.9 Å². The minimum absolute atomic E-state index is 0.317. The van der Waals surface area contributed by atoms with Crippen LogP contribution in [0.2, 0.25) is 0 Å². The molecule has 0 aliphatic rings. The Morgan fingerprint density at radius 2 is 1.79 bits per heavy atom. The first-order valence-electron chi connectivity index (χ1n) is 7.49. The van der Waals surface area contributed by atoms with Crippen LogP contribution in [0.25, 0.3) is 0 Å². The van der Waals surface area contributed by atoms with Crippen LogP contribution in [0, 0.1) is 0 Å². The van der Waals surface area contributed by atoms with E-state index in [4.69, 9.17) is 4.74 Å². The average molecular weight is 264 g/mol. The largest absolute Gasteiger partial charge is 0.493 e. The zero-order valence-electron chi connectivity index (χ0n) is 13.2. The molecule has 0 aliphatic carbocycles. The zero-order chi connectivity index (χ0) is 14.3. The second kappa shape index (κ2) is 7.54. The van der Waals surface area contributed by atoms with E-state index in [0.29, 0.717) is 11.5 Å². The molecule has 1 atom stereocenters. The Kier molecular flexibility index (Phi) is 6.36. The fraction of sp³-hybridized carbons (Fsp3) is 0.647. The Morgan fingerprint density at radius 3 is 2.32 bits per heavy atom. The smallest absolute Gasteiger partial charge is 0.119 e. The maximum atomic E-state index is 5.77. The van der Waals surface area contributed by atoms with Gasteiger partial charge in [0, 0.05) is 6.42 Å². The standard InChI is InChI=1S/C17H29NO/c1-6-14(2)15-8-10-16(11-9-15)19-13-7-12-18-17(3,4)5/h8-11,14,18H,6-7,12-13H2,1-5H3/p+1/t14-/m1/s1. The summed E-state index contributed by atoms with van der Waals surface area (Å²) < 4.78 is 5.77. The van der Waals surface area contributed by atoms with Crippen LogP contribution in [0.4, 0.5) is 0 Å². The molecule has 1 aromatic carbocycles. The van der Waals surface area contributed by atoms with E-state index in [2.05, 4.69) is 64.2 Å². The molecule has 0 fully saturated rings. The maximum Gasteiger partial charge on any atom is 0.119 e. The lowest BCUT2D eigenvalue weighted by Crippen LogP contribution is -2.94. The van der Waals surface area contributed by atoms with E-state index in [1.54, 1.807) is 0 Å². The van der Waals surface area contributed by atoms with Crippen molar-refractivity contribution >= 4 is 0 Å². The van der Waals surface area contributed by atoms with Gasteiger partial charge in [0.2, 0.25) is 0 Å². The molecule has 1 aromatic rings. The molecule has 0 heterocycles. The highest BCUT2D eigenvalue weighted by Crippen LogP contribution is 2.21. The fourth-order valence-corrected chi connectivity index (χ4v) is 1.94.